The van der Waals surface area contributed by atoms with Crippen LogP contribution in [0.3, 0.4) is 0 Å². The number of rotatable bonds is 5. The van der Waals surface area contributed by atoms with Crippen LogP contribution in [-0.4, -0.2) is 43.7 Å². The van der Waals surface area contributed by atoms with Crippen LogP contribution >= 0.6 is 22.7 Å². The Labute approximate surface area is 170 Å². The van der Waals surface area contributed by atoms with Gasteiger partial charge in [-0.3, -0.25) is 4.99 Å². The fraction of sp³-hybridized carbons (Fsp3) is 0.600. The Kier molecular flexibility index (Phi) is 6.76. The van der Waals surface area contributed by atoms with E-state index in [2.05, 4.69) is 64.2 Å². The lowest BCUT2D eigenvalue weighted by molar-refractivity contribution is 0.463. The molecule has 3 rings (SSSR count). The molecule has 0 spiro atoms. The predicted octanol–water partition coefficient (Wildman–Crippen LogP) is 3.88. The minimum atomic E-state index is 0.123. The third kappa shape index (κ3) is 5.69. The van der Waals surface area contributed by atoms with E-state index in [0.29, 0.717) is 6.04 Å². The molecule has 2 N–H and O–H groups in total. The molecule has 1 aliphatic heterocycles. The van der Waals surface area contributed by atoms with Crippen molar-refractivity contribution in [3.05, 3.63) is 33.6 Å². The molecule has 3 heterocycles. The highest BCUT2D eigenvalue weighted by atomic mass is 32.1. The van der Waals surface area contributed by atoms with E-state index < -0.39 is 0 Å². The summed E-state index contributed by atoms with van der Waals surface area (Å²) < 4.78 is 0. The quantitative estimate of drug-likeness (QED) is 0.585. The Balaban J connectivity index is 1.40. The zero-order valence-corrected chi connectivity index (χ0v) is 18.4. The normalized spacial score (nSPS) is 16.6. The number of guanidine groups is 1. The zero-order valence-electron chi connectivity index (χ0n) is 16.8. The van der Waals surface area contributed by atoms with Crippen molar-refractivity contribution in [1.82, 2.24) is 15.6 Å². The summed E-state index contributed by atoms with van der Waals surface area (Å²) in [6.45, 7) is 9.68. The number of thiazole rings is 1. The number of nitrogens with one attached hydrogen (secondary N) is 2. The lowest BCUT2D eigenvalue weighted by Crippen LogP contribution is -2.49. The van der Waals surface area contributed by atoms with Crippen molar-refractivity contribution < 1.29 is 0 Å². The first-order valence-electron chi connectivity index (χ1n) is 9.66. The average molecular weight is 406 g/mol. The van der Waals surface area contributed by atoms with E-state index in [1.807, 2.05) is 18.4 Å². The number of piperidine rings is 1. The summed E-state index contributed by atoms with van der Waals surface area (Å²) in [6.07, 6.45) is 3.21. The summed E-state index contributed by atoms with van der Waals surface area (Å²) in [5, 5.41) is 13.9. The number of anilines is 1. The van der Waals surface area contributed by atoms with E-state index in [-0.39, 0.29) is 5.41 Å². The third-order valence-electron chi connectivity index (χ3n) is 4.83. The second-order valence-corrected chi connectivity index (χ2v) is 9.85. The molecule has 7 heteroatoms. The maximum Gasteiger partial charge on any atom is 0.191 e. The summed E-state index contributed by atoms with van der Waals surface area (Å²) in [5.41, 5.74) is 1.31. The SMILES string of the molecule is CN=C(NCCc1nc(C(C)(C)C)cs1)NC1CCN(c2cccs2)CC1. The molecule has 0 radical (unpaired) electrons. The van der Waals surface area contributed by atoms with Crippen molar-refractivity contribution in [3.63, 3.8) is 0 Å². The number of nitrogens with zero attached hydrogens (tertiary/aromatic N) is 3. The standard InChI is InChI=1S/C20H31N5S2/c1-20(2,3)16-14-27-17(24-16)7-10-22-19(21-4)23-15-8-11-25(12-9-15)18-6-5-13-26-18/h5-6,13-15H,7-12H2,1-4H3,(H2,21,22,23). The fourth-order valence-corrected chi connectivity index (χ4v) is 4.95. The summed E-state index contributed by atoms with van der Waals surface area (Å²) in [5.74, 6) is 0.900. The van der Waals surface area contributed by atoms with E-state index in [1.54, 1.807) is 11.3 Å². The van der Waals surface area contributed by atoms with Crippen LogP contribution in [0.25, 0.3) is 0 Å². The highest BCUT2D eigenvalue weighted by Crippen LogP contribution is 2.25. The van der Waals surface area contributed by atoms with E-state index in [9.17, 15) is 0 Å². The van der Waals surface area contributed by atoms with Gasteiger partial charge in [0.15, 0.2) is 5.96 Å². The smallest absolute Gasteiger partial charge is 0.191 e. The second-order valence-electron chi connectivity index (χ2n) is 7.98. The van der Waals surface area contributed by atoms with Gasteiger partial charge < -0.3 is 15.5 Å². The molecule has 148 valence electrons. The number of aliphatic imine (C=N–C) groups is 1. The van der Waals surface area contributed by atoms with Gasteiger partial charge in [-0.25, -0.2) is 4.98 Å². The number of aromatic nitrogens is 1. The molecule has 0 aliphatic carbocycles. The zero-order chi connectivity index (χ0) is 19.3. The Morgan fingerprint density at radius 3 is 2.67 bits per heavy atom. The molecule has 1 aliphatic rings. The summed E-state index contributed by atoms with van der Waals surface area (Å²) in [7, 11) is 1.84. The van der Waals surface area contributed by atoms with Gasteiger partial charge in [-0.05, 0) is 30.4 Å². The van der Waals surface area contributed by atoms with Gasteiger partial charge in [0.05, 0.1) is 15.7 Å². The molecule has 1 saturated heterocycles. The minimum Gasteiger partial charge on any atom is -0.363 e. The predicted molar refractivity (Wildman–Crippen MR) is 119 cm³/mol. The van der Waals surface area contributed by atoms with Gasteiger partial charge in [0.2, 0.25) is 0 Å². The van der Waals surface area contributed by atoms with Gasteiger partial charge in [-0.1, -0.05) is 20.8 Å². The molecular weight excluding hydrogens is 374 g/mol. The van der Waals surface area contributed by atoms with Crippen LogP contribution in [0.15, 0.2) is 27.9 Å². The monoisotopic (exact) mass is 405 g/mol. The largest absolute Gasteiger partial charge is 0.363 e. The summed E-state index contributed by atoms with van der Waals surface area (Å²) in [4.78, 5) is 11.6. The number of thiophene rings is 1. The molecule has 1 fully saturated rings. The Morgan fingerprint density at radius 2 is 2.07 bits per heavy atom. The molecule has 2 aromatic heterocycles. The van der Waals surface area contributed by atoms with Gasteiger partial charge in [0, 0.05) is 49.9 Å². The van der Waals surface area contributed by atoms with E-state index in [4.69, 9.17) is 4.98 Å². The highest BCUT2D eigenvalue weighted by molar-refractivity contribution is 7.14. The molecule has 0 amide bonds. The van der Waals surface area contributed by atoms with Crippen LogP contribution in [0.1, 0.15) is 44.3 Å². The van der Waals surface area contributed by atoms with Crippen molar-refractivity contribution in [3.8, 4) is 0 Å². The third-order valence-corrected chi connectivity index (χ3v) is 6.67. The van der Waals surface area contributed by atoms with Crippen molar-refractivity contribution in [2.45, 2.75) is 51.5 Å². The molecule has 0 aromatic carbocycles. The maximum atomic E-state index is 4.77. The molecule has 5 nitrogen and oxygen atoms in total. The van der Waals surface area contributed by atoms with Crippen molar-refractivity contribution in [2.75, 3.05) is 31.6 Å². The lowest BCUT2D eigenvalue weighted by atomic mass is 9.93. The fourth-order valence-electron chi connectivity index (χ4n) is 3.14. The number of hydrogen-bond acceptors (Lipinski definition) is 5. The lowest BCUT2D eigenvalue weighted by Gasteiger charge is -2.33. The topological polar surface area (TPSA) is 52.6 Å². The molecule has 27 heavy (non-hydrogen) atoms. The molecular formula is C20H31N5S2. The minimum absolute atomic E-state index is 0.123. The van der Waals surface area contributed by atoms with Gasteiger partial charge in [-0.15, -0.1) is 22.7 Å². The van der Waals surface area contributed by atoms with Crippen LogP contribution in [0.2, 0.25) is 0 Å². The van der Waals surface area contributed by atoms with E-state index >= 15 is 0 Å². The Hall–Kier alpha value is -1.60. The average Bonchev–Trinajstić information content (AvgIpc) is 3.33. The Morgan fingerprint density at radius 1 is 1.30 bits per heavy atom. The molecule has 0 saturated carbocycles. The van der Waals surface area contributed by atoms with Gasteiger partial charge >= 0.3 is 0 Å². The van der Waals surface area contributed by atoms with Crippen LogP contribution in [-0.2, 0) is 11.8 Å². The first-order valence-corrected chi connectivity index (χ1v) is 11.4. The van der Waals surface area contributed by atoms with Crippen molar-refractivity contribution in [2.24, 2.45) is 4.99 Å². The van der Waals surface area contributed by atoms with Gasteiger partial charge in [0.1, 0.15) is 0 Å². The Bertz CT molecular complexity index is 722. The van der Waals surface area contributed by atoms with Crippen molar-refractivity contribution in [1.29, 1.82) is 0 Å². The molecule has 2 aromatic rings. The van der Waals surface area contributed by atoms with Crippen LogP contribution < -0.4 is 15.5 Å². The first-order chi connectivity index (χ1) is 13.0. The van der Waals surface area contributed by atoms with Crippen molar-refractivity contribution >= 4 is 33.6 Å². The van der Waals surface area contributed by atoms with Crippen LogP contribution in [0.4, 0.5) is 5.00 Å². The van der Waals surface area contributed by atoms with Gasteiger partial charge in [0.25, 0.3) is 0 Å². The van der Waals surface area contributed by atoms with E-state index in [1.165, 1.54) is 15.7 Å². The first kappa shape index (κ1) is 20.1. The maximum absolute atomic E-state index is 4.77. The van der Waals surface area contributed by atoms with E-state index in [0.717, 1.165) is 44.9 Å². The van der Waals surface area contributed by atoms with Gasteiger partial charge in [-0.2, -0.15) is 0 Å². The number of hydrogen-bond donors (Lipinski definition) is 2. The van der Waals surface area contributed by atoms with Crippen LogP contribution in [0, 0.1) is 0 Å². The summed E-state index contributed by atoms with van der Waals surface area (Å²) >= 11 is 3.58. The van der Waals surface area contributed by atoms with Crippen LogP contribution in [0.5, 0.6) is 0 Å². The molecule has 0 atom stereocenters. The highest BCUT2D eigenvalue weighted by Gasteiger charge is 2.21. The second kappa shape index (κ2) is 9.06. The molecule has 0 bridgehead atoms. The molecule has 0 unspecified atom stereocenters. The summed E-state index contributed by atoms with van der Waals surface area (Å²) in [6, 6.07) is 4.82.